The first-order chi connectivity index (χ1) is 4.20. The van der Waals surface area contributed by atoms with E-state index < -0.39 is 0 Å². The fourth-order valence-corrected chi connectivity index (χ4v) is 0.996. The monoisotopic (exact) mass is 236 g/mol. The van der Waals surface area contributed by atoms with Crippen molar-refractivity contribution >= 4 is 25.3 Å². The van der Waals surface area contributed by atoms with E-state index in [2.05, 4.69) is 0 Å². The topological polar surface area (TPSA) is 31.5 Å². The third kappa shape index (κ3) is 3.97. The molecule has 0 saturated carbocycles. The van der Waals surface area contributed by atoms with Crippen LogP contribution >= 0.6 is 0 Å². The first-order valence-corrected chi connectivity index (χ1v) is 3.46. The molecule has 1 aromatic carbocycles. The van der Waals surface area contributed by atoms with Crippen molar-refractivity contribution < 1.29 is 25.0 Å². The standard InChI is InChI=1S/C7H8S2.H2O.Zn/c1-5-2-3-6(8)7(9)4-5;;/h2-4,8-9H,1H3;1H2;/q;;+2/p-2. The minimum Gasteiger partial charge on any atom is -0.781 e. The normalized spacial score (nSPS) is 7.73. The van der Waals surface area contributed by atoms with Crippen molar-refractivity contribution in [2.75, 3.05) is 0 Å². The van der Waals surface area contributed by atoms with Crippen molar-refractivity contribution in [3.8, 4) is 0 Å². The van der Waals surface area contributed by atoms with Crippen molar-refractivity contribution in [1.82, 2.24) is 0 Å². The first-order valence-electron chi connectivity index (χ1n) is 2.65. The summed E-state index contributed by atoms with van der Waals surface area (Å²) < 4.78 is 0. The van der Waals surface area contributed by atoms with Crippen LogP contribution in [-0.4, -0.2) is 5.48 Å². The summed E-state index contributed by atoms with van der Waals surface area (Å²) in [5.74, 6) is 0. The maximum Gasteiger partial charge on any atom is 2.00 e. The van der Waals surface area contributed by atoms with Gasteiger partial charge in [0.25, 0.3) is 0 Å². The van der Waals surface area contributed by atoms with Crippen molar-refractivity contribution in [1.29, 1.82) is 0 Å². The van der Waals surface area contributed by atoms with Gasteiger partial charge in [0, 0.05) is 0 Å². The summed E-state index contributed by atoms with van der Waals surface area (Å²) in [5.41, 5.74) is 1.17. The van der Waals surface area contributed by atoms with Crippen LogP contribution in [0.3, 0.4) is 0 Å². The average Bonchev–Trinajstić information content (AvgIpc) is 1.80. The Kier molecular flexibility index (Phi) is 7.33. The van der Waals surface area contributed by atoms with Crippen LogP contribution in [0.5, 0.6) is 0 Å². The van der Waals surface area contributed by atoms with Gasteiger partial charge in [-0.2, -0.15) is 9.79 Å². The van der Waals surface area contributed by atoms with Gasteiger partial charge in [-0.1, -0.05) is 23.8 Å². The molecule has 4 heteroatoms. The van der Waals surface area contributed by atoms with Crippen LogP contribution < -0.4 is 0 Å². The van der Waals surface area contributed by atoms with E-state index in [-0.39, 0.29) is 25.0 Å². The number of hydrogen-bond donors (Lipinski definition) is 0. The van der Waals surface area contributed by atoms with Crippen LogP contribution in [0.2, 0.25) is 0 Å². The Morgan fingerprint density at radius 1 is 1.09 bits per heavy atom. The van der Waals surface area contributed by atoms with Crippen molar-refractivity contribution in [2.45, 2.75) is 16.7 Å². The average molecular weight is 238 g/mol. The second kappa shape index (κ2) is 5.84. The molecule has 0 heterocycles. The molecule has 0 aliphatic carbocycles. The molecule has 0 amide bonds. The molecule has 56 valence electrons. The molecule has 0 unspecified atom stereocenters. The number of hydrogen-bond acceptors (Lipinski definition) is 2. The van der Waals surface area contributed by atoms with E-state index in [9.17, 15) is 0 Å². The van der Waals surface area contributed by atoms with Gasteiger partial charge >= 0.3 is 19.5 Å². The van der Waals surface area contributed by atoms with Crippen LogP contribution in [0, 0.1) is 6.92 Å². The van der Waals surface area contributed by atoms with Gasteiger partial charge in [0.2, 0.25) is 0 Å². The molecule has 0 spiro atoms. The Labute approximate surface area is 90.5 Å². The second-order valence-corrected chi connectivity index (χ2v) is 2.83. The predicted molar refractivity (Wildman–Crippen MR) is 46.1 cm³/mol. The van der Waals surface area contributed by atoms with Gasteiger partial charge in [0.15, 0.2) is 0 Å². The van der Waals surface area contributed by atoms with Gasteiger partial charge in [-0.05, 0) is 6.92 Å². The van der Waals surface area contributed by atoms with Crippen LogP contribution in [0.4, 0.5) is 0 Å². The summed E-state index contributed by atoms with van der Waals surface area (Å²) >= 11 is 9.85. The molecule has 0 fully saturated rings. The third-order valence-corrected chi connectivity index (χ3v) is 1.92. The molecule has 0 saturated heterocycles. The van der Waals surface area contributed by atoms with Gasteiger partial charge in [-0.15, -0.1) is 0 Å². The molecule has 0 radical (unpaired) electrons. The maximum atomic E-state index is 4.94. The van der Waals surface area contributed by atoms with Gasteiger partial charge in [-0.25, -0.2) is 0 Å². The molecule has 0 aliphatic rings. The van der Waals surface area contributed by atoms with E-state index in [0.717, 1.165) is 9.79 Å². The summed E-state index contributed by atoms with van der Waals surface area (Å²) in [6.45, 7) is 2.00. The molecule has 1 nitrogen and oxygen atoms in total. The van der Waals surface area contributed by atoms with Gasteiger partial charge in [-0.3, -0.25) is 0 Å². The molecule has 0 aliphatic heterocycles. The first kappa shape index (κ1) is 13.8. The van der Waals surface area contributed by atoms with E-state index in [4.69, 9.17) is 25.3 Å². The number of benzene rings is 1. The van der Waals surface area contributed by atoms with E-state index in [1.807, 2.05) is 25.1 Å². The van der Waals surface area contributed by atoms with Crippen LogP contribution in [0.1, 0.15) is 5.56 Å². The zero-order chi connectivity index (χ0) is 6.85. The summed E-state index contributed by atoms with van der Waals surface area (Å²) in [6.07, 6.45) is 0. The van der Waals surface area contributed by atoms with Gasteiger partial charge in [0.05, 0.1) is 0 Å². The fraction of sp³-hybridized carbons (Fsp3) is 0.143. The Balaban J connectivity index is 0. The smallest absolute Gasteiger partial charge is 0.781 e. The molecule has 0 aromatic heterocycles. The van der Waals surface area contributed by atoms with E-state index in [0.29, 0.717) is 0 Å². The Morgan fingerprint density at radius 2 is 1.64 bits per heavy atom. The largest absolute Gasteiger partial charge is 2.00 e. The molecule has 11 heavy (non-hydrogen) atoms. The van der Waals surface area contributed by atoms with Crippen molar-refractivity contribution in [3.63, 3.8) is 0 Å². The van der Waals surface area contributed by atoms with Gasteiger partial charge < -0.3 is 30.7 Å². The summed E-state index contributed by atoms with van der Waals surface area (Å²) in [4.78, 5) is 1.56. The second-order valence-electron chi connectivity index (χ2n) is 1.95. The maximum absolute atomic E-state index is 4.94. The molecular weight excluding hydrogens is 230 g/mol. The molecule has 1 aromatic rings. The predicted octanol–water partition coefficient (Wildman–Crippen LogP) is 0.979. The van der Waals surface area contributed by atoms with Crippen molar-refractivity contribution in [3.05, 3.63) is 23.8 Å². The molecule has 1 rings (SSSR count). The van der Waals surface area contributed by atoms with Crippen molar-refractivity contribution in [2.24, 2.45) is 0 Å². The van der Waals surface area contributed by atoms with Crippen LogP contribution in [-0.2, 0) is 44.7 Å². The minimum atomic E-state index is 0. The third-order valence-electron chi connectivity index (χ3n) is 1.10. The molecule has 0 bridgehead atoms. The quantitative estimate of drug-likeness (QED) is 0.498. The summed E-state index contributed by atoms with van der Waals surface area (Å²) in [7, 11) is 0. The Bertz CT molecular complexity index is 228. The SMILES string of the molecule is Cc1ccc([S-])c([S-])c1.O.[Zn+2]. The van der Waals surface area contributed by atoms with Crippen LogP contribution in [0.15, 0.2) is 28.0 Å². The fourth-order valence-electron chi connectivity index (χ4n) is 0.615. The summed E-state index contributed by atoms with van der Waals surface area (Å²) in [6, 6.07) is 5.75. The zero-order valence-corrected chi connectivity index (χ0v) is 10.9. The Hall–Kier alpha value is 0.243. The number of rotatable bonds is 0. The minimum absolute atomic E-state index is 0. The van der Waals surface area contributed by atoms with E-state index >= 15 is 0 Å². The Morgan fingerprint density at radius 3 is 2.00 bits per heavy atom. The van der Waals surface area contributed by atoms with E-state index in [1.165, 1.54) is 5.56 Å². The zero-order valence-electron chi connectivity index (χ0n) is 6.26. The van der Waals surface area contributed by atoms with Crippen LogP contribution in [0.25, 0.3) is 0 Å². The van der Waals surface area contributed by atoms with Gasteiger partial charge in [0.1, 0.15) is 0 Å². The molecule has 0 atom stereocenters. The number of aryl methyl sites for hydroxylation is 1. The summed E-state index contributed by atoms with van der Waals surface area (Å²) in [5, 5.41) is 0. The van der Waals surface area contributed by atoms with E-state index in [1.54, 1.807) is 0 Å². The molecular formula is C7H8OS2Zn. The molecule has 2 N–H and O–H groups in total.